The van der Waals surface area contributed by atoms with Crippen molar-refractivity contribution in [3.8, 4) is 0 Å². The number of nitrogens with zero attached hydrogens (tertiary/aromatic N) is 3. The van der Waals surface area contributed by atoms with E-state index in [9.17, 15) is 13.2 Å². The Balaban J connectivity index is 1.60. The zero-order valence-electron chi connectivity index (χ0n) is 18.9. The monoisotopic (exact) mass is 487 g/mol. The first kappa shape index (κ1) is 23.8. The maximum absolute atomic E-state index is 13.0. The Bertz CT molecular complexity index is 1290. The zero-order valence-corrected chi connectivity index (χ0v) is 20.6. The molecular weight excluding hydrogens is 458 g/mol. The van der Waals surface area contributed by atoms with Crippen molar-refractivity contribution in [2.45, 2.75) is 38.1 Å². The fourth-order valence-electron chi connectivity index (χ4n) is 4.06. The SMILES string of the molecule is CCOCCn1c(=NC(=O)c2ccc(S(=O)(=O)N3CCCC(C)C3)cc2)sc2ccccc21. The number of benzene rings is 2. The lowest BCUT2D eigenvalue weighted by Crippen LogP contribution is -2.39. The van der Waals surface area contributed by atoms with Crippen LogP contribution < -0.4 is 4.80 Å². The molecule has 0 N–H and O–H groups in total. The van der Waals surface area contributed by atoms with E-state index in [-0.39, 0.29) is 4.90 Å². The Kier molecular flexibility index (Phi) is 7.43. The number of hydrogen-bond donors (Lipinski definition) is 0. The molecule has 1 saturated heterocycles. The van der Waals surface area contributed by atoms with Crippen LogP contribution in [0.1, 0.15) is 37.0 Å². The maximum Gasteiger partial charge on any atom is 0.279 e. The molecule has 0 aliphatic carbocycles. The Morgan fingerprint density at radius 2 is 1.94 bits per heavy atom. The summed E-state index contributed by atoms with van der Waals surface area (Å²) >= 11 is 1.45. The van der Waals surface area contributed by atoms with Crippen molar-refractivity contribution in [2.75, 3.05) is 26.3 Å². The van der Waals surface area contributed by atoms with Gasteiger partial charge in [0.1, 0.15) is 0 Å². The standard InChI is InChI=1S/C24H29N3O4S2/c1-3-31-16-15-27-21-8-4-5-9-22(21)32-24(27)25-23(28)19-10-12-20(13-11-19)33(29,30)26-14-6-7-18(2)17-26/h4-5,8-13,18H,3,6-7,14-17H2,1-2H3. The van der Waals surface area contributed by atoms with Gasteiger partial charge in [-0.15, -0.1) is 0 Å². The van der Waals surface area contributed by atoms with Crippen LogP contribution in [0.2, 0.25) is 0 Å². The van der Waals surface area contributed by atoms with Crippen molar-refractivity contribution >= 4 is 37.5 Å². The van der Waals surface area contributed by atoms with Crippen LogP contribution in [-0.4, -0.2) is 49.5 Å². The van der Waals surface area contributed by atoms with Crippen molar-refractivity contribution in [2.24, 2.45) is 10.9 Å². The number of carbonyl (C=O) groups is 1. The lowest BCUT2D eigenvalue weighted by molar-refractivity contribution is 0.0996. The molecule has 1 amide bonds. The summed E-state index contributed by atoms with van der Waals surface area (Å²) in [6.45, 7) is 6.83. The Labute approximate surface area is 198 Å². The van der Waals surface area contributed by atoms with Crippen LogP contribution in [0.5, 0.6) is 0 Å². The van der Waals surface area contributed by atoms with Crippen molar-refractivity contribution in [3.05, 3.63) is 58.9 Å². The molecule has 1 aliphatic rings. The molecule has 33 heavy (non-hydrogen) atoms. The first-order valence-corrected chi connectivity index (χ1v) is 13.5. The average Bonchev–Trinajstić information content (AvgIpc) is 3.16. The van der Waals surface area contributed by atoms with Gasteiger partial charge in [0.2, 0.25) is 10.0 Å². The molecule has 3 aromatic rings. The first-order chi connectivity index (χ1) is 15.9. The molecule has 0 spiro atoms. The van der Waals surface area contributed by atoms with Gasteiger partial charge in [-0.25, -0.2) is 8.42 Å². The number of sulfonamides is 1. The fourth-order valence-corrected chi connectivity index (χ4v) is 6.71. The van der Waals surface area contributed by atoms with Gasteiger partial charge in [-0.2, -0.15) is 9.30 Å². The van der Waals surface area contributed by atoms with Crippen molar-refractivity contribution in [1.29, 1.82) is 0 Å². The van der Waals surface area contributed by atoms with Crippen LogP contribution in [0.4, 0.5) is 0 Å². The second-order valence-electron chi connectivity index (χ2n) is 8.25. The molecule has 1 aromatic heterocycles. The quantitative estimate of drug-likeness (QED) is 0.474. The van der Waals surface area contributed by atoms with E-state index in [4.69, 9.17) is 4.74 Å². The minimum Gasteiger partial charge on any atom is -0.380 e. The Hall–Kier alpha value is -2.33. The predicted octanol–water partition coefficient (Wildman–Crippen LogP) is 3.90. The minimum atomic E-state index is -3.56. The van der Waals surface area contributed by atoms with Gasteiger partial charge in [0.05, 0.1) is 21.7 Å². The molecule has 2 aromatic carbocycles. The van der Waals surface area contributed by atoms with E-state index in [2.05, 4.69) is 11.9 Å². The number of para-hydroxylation sites is 1. The summed E-state index contributed by atoms with van der Waals surface area (Å²) in [6, 6.07) is 14.0. The van der Waals surface area contributed by atoms with Crippen LogP contribution in [-0.2, 0) is 21.3 Å². The van der Waals surface area contributed by atoms with E-state index in [0.29, 0.717) is 49.1 Å². The molecule has 0 radical (unpaired) electrons. The molecule has 0 bridgehead atoms. The third-order valence-corrected chi connectivity index (χ3v) is 8.75. The normalized spacial score (nSPS) is 18.1. The van der Waals surface area contributed by atoms with Crippen molar-refractivity contribution in [3.63, 3.8) is 0 Å². The smallest absolute Gasteiger partial charge is 0.279 e. The zero-order chi connectivity index (χ0) is 23.4. The number of amides is 1. The number of fused-ring (bicyclic) bond motifs is 1. The second-order valence-corrected chi connectivity index (χ2v) is 11.2. The maximum atomic E-state index is 13.0. The van der Waals surface area contributed by atoms with E-state index >= 15 is 0 Å². The largest absolute Gasteiger partial charge is 0.380 e. The fraction of sp³-hybridized carbons (Fsp3) is 0.417. The van der Waals surface area contributed by atoms with Crippen LogP contribution in [0.15, 0.2) is 58.4 Å². The Morgan fingerprint density at radius 3 is 2.67 bits per heavy atom. The predicted molar refractivity (Wildman–Crippen MR) is 130 cm³/mol. The summed E-state index contributed by atoms with van der Waals surface area (Å²) < 4.78 is 36.0. The van der Waals surface area contributed by atoms with E-state index in [1.165, 1.54) is 23.5 Å². The number of rotatable bonds is 7. The van der Waals surface area contributed by atoms with E-state index in [1.807, 2.05) is 35.8 Å². The number of hydrogen-bond acceptors (Lipinski definition) is 5. The third-order valence-electron chi connectivity index (χ3n) is 5.81. The Morgan fingerprint density at radius 1 is 1.18 bits per heavy atom. The molecular formula is C24H29N3O4S2. The summed E-state index contributed by atoms with van der Waals surface area (Å²) in [7, 11) is -3.56. The van der Waals surface area contributed by atoms with Crippen LogP contribution in [0.25, 0.3) is 10.2 Å². The topological polar surface area (TPSA) is 81.0 Å². The molecule has 9 heteroatoms. The van der Waals surface area contributed by atoms with E-state index < -0.39 is 15.9 Å². The lowest BCUT2D eigenvalue weighted by atomic mass is 10.0. The molecule has 1 atom stereocenters. The summed E-state index contributed by atoms with van der Waals surface area (Å²) in [4.78, 5) is 18.1. The highest BCUT2D eigenvalue weighted by atomic mass is 32.2. The van der Waals surface area contributed by atoms with Gasteiger partial charge < -0.3 is 9.30 Å². The van der Waals surface area contributed by atoms with Crippen molar-refractivity contribution in [1.82, 2.24) is 8.87 Å². The van der Waals surface area contributed by atoms with Gasteiger partial charge in [-0.1, -0.05) is 30.4 Å². The summed E-state index contributed by atoms with van der Waals surface area (Å²) in [5.74, 6) is -0.0498. The van der Waals surface area contributed by atoms with E-state index in [0.717, 1.165) is 23.1 Å². The first-order valence-electron chi connectivity index (χ1n) is 11.3. The van der Waals surface area contributed by atoms with Gasteiger partial charge in [-0.3, -0.25) is 4.79 Å². The third kappa shape index (κ3) is 5.27. The number of carbonyl (C=O) groups excluding carboxylic acids is 1. The van der Waals surface area contributed by atoms with Crippen LogP contribution in [0.3, 0.4) is 0 Å². The van der Waals surface area contributed by atoms with Gasteiger partial charge in [0.25, 0.3) is 5.91 Å². The highest BCUT2D eigenvalue weighted by Gasteiger charge is 2.28. The number of aromatic nitrogens is 1. The number of thiazole rings is 1. The summed E-state index contributed by atoms with van der Waals surface area (Å²) in [5, 5.41) is 0. The molecule has 1 fully saturated rings. The van der Waals surface area contributed by atoms with Gasteiger partial charge in [-0.05, 0) is 62.1 Å². The number of piperidine rings is 1. The van der Waals surface area contributed by atoms with Crippen LogP contribution in [0, 0.1) is 5.92 Å². The average molecular weight is 488 g/mol. The van der Waals surface area contributed by atoms with Crippen LogP contribution >= 0.6 is 11.3 Å². The summed E-state index contributed by atoms with van der Waals surface area (Å²) in [6.07, 6.45) is 1.91. The molecule has 1 aliphatic heterocycles. The van der Waals surface area contributed by atoms with Gasteiger partial charge >= 0.3 is 0 Å². The van der Waals surface area contributed by atoms with E-state index in [1.54, 1.807) is 16.4 Å². The van der Waals surface area contributed by atoms with Crippen molar-refractivity contribution < 1.29 is 17.9 Å². The highest BCUT2D eigenvalue weighted by molar-refractivity contribution is 7.89. The molecule has 7 nitrogen and oxygen atoms in total. The lowest BCUT2D eigenvalue weighted by Gasteiger charge is -2.30. The van der Waals surface area contributed by atoms with Gasteiger partial charge in [0.15, 0.2) is 4.80 Å². The number of ether oxygens (including phenoxy) is 1. The molecule has 2 heterocycles. The highest BCUT2D eigenvalue weighted by Crippen LogP contribution is 2.24. The molecule has 176 valence electrons. The van der Waals surface area contributed by atoms with Gasteiger partial charge in [0, 0.05) is 31.8 Å². The second kappa shape index (κ2) is 10.3. The summed E-state index contributed by atoms with van der Waals surface area (Å²) in [5.41, 5.74) is 1.36. The molecule has 0 saturated carbocycles. The molecule has 4 rings (SSSR count). The minimum absolute atomic E-state index is 0.210. The molecule has 1 unspecified atom stereocenters.